The molecule has 0 amide bonds. The van der Waals surface area contributed by atoms with E-state index in [0.717, 1.165) is 53.8 Å². The topological polar surface area (TPSA) is 45.7 Å². The molecular weight excluding hydrogens is 358 g/mol. The summed E-state index contributed by atoms with van der Waals surface area (Å²) in [6.07, 6.45) is 0.869. The van der Waals surface area contributed by atoms with Crippen molar-refractivity contribution in [1.29, 1.82) is 0 Å². The van der Waals surface area contributed by atoms with E-state index in [9.17, 15) is 4.79 Å². The lowest BCUT2D eigenvalue weighted by Crippen LogP contribution is -2.46. The first kappa shape index (κ1) is 17.5. The summed E-state index contributed by atoms with van der Waals surface area (Å²) in [5.41, 5.74) is 2.78. The van der Waals surface area contributed by atoms with Gasteiger partial charge in [0.1, 0.15) is 21.5 Å². The minimum atomic E-state index is 0.539. The van der Waals surface area contributed by atoms with Gasteiger partial charge in [-0.3, -0.25) is 4.79 Å². The molecule has 0 saturated carbocycles. The fraction of sp³-hybridized carbons (Fsp3) is 0.238. The Bertz CT molecular complexity index is 901. The van der Waals surface area contributed by atoms with Crippen molar-refractivity contribution in [2.24, 2.45) is 0 Å². The van der Waals surface area contributed by atoms with Crippen molar-refractivity contribution >= 4 is 28.3 Å². The number of thiazole rings is 1. The number of methoxy groups -OCH3 is 1. The second-order valence-corrected chi connectivity index (χ2v) is 7.34. The lowest BCUT2D eigenvalue weighted by Gasteiger charge is -2.36. The maximum atomic E-state index is 11.6. The molecule has 0 atom stereocenters. The van der Waals surface area contributed by atoms with Crippen molar-refractivity contribution in [3.8, 4) is 16.3 Å². The molecule has 27 heavy (non-hydrogen) atoms. The number of benzene rings is 2. The Morgan fingerprint density at radius 3 is 2.26 bits per heavy atom. The molecular formula is C21H21N3O2S. The molecule has 1 aromatic heterocycles. The summed E-state index contributed by atoms with van der Waals surface area (Å²) in [6.45, 7) is 3.54. The molecule has 2 aromatic carbocycles. The summed E-state index contributed by atoms with van der Waals surface area (Å²) in [4.78, 5) is 20.7. The summed E-state index contributed by atoms with van der Waals surface area (Å²) in [5, 5.41) is 1.86. The Labute approximate surface area is 162 Å². The Balaban J connectivity index is 1.49. The SMILES string of the molecule is COc1ccc(N2CCN(c3sc(-c4ccccc4)nc3C=O)CC2)cc1. The lowest BCUT2D eigenvalue weighted by atomic mass is 10.2. The van der Waals surface area contributed by atoms with Crippen LogP contribution in [0.15, 0.2) is 54.6 Å². The molecule has 1 aliphatic heterocycles. The third kappa shape index (κ3) is 3.66. The summed E-state index contributed by atoms with van der Waals surface area (Å²) in [5.74, 6) is 0.867. The van der Waals surface area contributed by atoms with E-state index in [1.807, 2.05) is 42.5 Å². The molecule has 0 unspecified atom stereocenters. The number of nitrogens with zero attached hydrogens (tertiary/aromatic N) is 3. The van der Waals surface area contributed by atoms with Gasteiger partial charge in [-0.05, 0) is 24.3 Å². The maximum Gasteiger partial charge on any atom is 0.171 e. The number of piperazine rings is 1. The molecule has 138 valence electrons. The second-order valence-electron chi connectivity index (χ2n) is 6.37. The van der Waals surface area contributed by atoms with Gasteiger partial charge in [-0.1, -0.05) is 41.7 Å². The summed E-state index contributed by atoms with van der Waals surface area (Å²) in [6, 6.07) is 18.2. The zero-order chi connectivity index (χ0) is 18.6. The third-order valence-electron chi connectivity index (χ3n) is 4.77. The van der Waals surface area contributed by atoms with E-state index in [1.165, 1.54) is 5.69 Å². The van der Waals surface area contributed by atoms with Crippen molar-refractivity contribution in [3.63, 3.8) is 0 Å². The number of hydrogen-bond acceptors (Lipinski definition) is 6. The molecule has 4 rings (SSSR count). The van der Waals surface area contributed by atoms with Gasteiger partial charge in [0.25, 0.3) is 0 Å². The van der Waals surface area contributed by atoms with Crippen LogP contribution in [0, 0.1) is 0 Å². The Morgan fingerprint density at radius 1 is 0.963 bits per heavy atom. The zero-order valence-electron chi connectivity index (χ0n) is 15.2. The number of carbonyl (C=O) groups excluding carboxylic acids is 1. The number of hydrogen-bond donors (Lipinski definition) is 0. The number of aldehydes is 1. The van der Waals surface area contributed by atoms with E-state index in [1.54, 1.807) is 18.4 Å². The molecule has 1 aliphatic rings. The van der Waals surface area contributed by atoms with Gasteiger partial charge in [-0.2, -0.15) is 0 Å². The minimum absolute atomic E-state index is 0.539. The van der Waals surface area contributed by atoms with E-state index in [2.05, 4.69) is 26.9 Å². The van der Waals surface area contributed by atoms with Gasteiger partial charge >= 0.3 is 0 Å². The van der Waals surface area contributed by atoms with Gasteiger partial charge in [0.2, 0.25) is 0 Å². The monoisotopic (exact) mass is 379 g/mol. The molecule has 0 aliphatic carbocycles. The summed E-state index contributed by atoms with van der Waals surface area (Å²) < 4.78 is 5.23. The van der Waals surface area contributed by atoms with Gasteiger partial charge in [0.05, 0.1) is 7.11 Å². The molecule has 6 heteroatoms. The second kappa shape index (κ2) is 7.80. The Hall–Kier alpha value is -2.86. The minimum Gasteiger partial charge on any atom is -0.497 e. The first-order chi connectivity index (χ1) is 13.3. The van der Waals surface area contributed by atoms with Crippen molar-refractivity contribution < 1.29 is 9.53 Å². The fourth-order valence-electron chi connectivity index (χ4n) is 3.29. The van der Waals surface area contributed by atoms with Crippen LogP contribution >= 0.6 is 11.3 Å². The average Bonchev–Trinajstić information content (AvgIpc) is 3.19. The third-order valence-corrected chi connectivity index (χ3v) is 5.95. The highest BCUT2D eigenvalue weighted by Crippen LogP contribution is 2.35. The number of carbonyl (C=O) groups is 1. The molecule has 0 bridgehead atoms. The number of aromatic nitrogens is 1. The van der Waals surface area contributed by atoms with Crippen LogP contribution in [0.2, 0.25) is 0 Å². The lowest BCUT2D eigenvalue weighted by molar-refractivity contribution is 0.112. The van der Waals surface area contributed by atoms with E-state index >= 15 is 0 Å². The van der Waals surface area contributed by atoms with Crippen LogP contribution in [0.25, 0.3) is 10.6 Å². The highest BCUT2D eigenvalue weighted by molar-refractivity contribution is 7.19. The number of ether oxygens (including phenoxy) is 1. The first-order valence-corrected chi connectivity index (χ1v) is 9.75. The zero-order valence-corrected chi connectivity index (χ0v) is 16.0. The molecule has 0 radical (unpaired) electrons. The normalized spacial score (nSPS) is 14.3. The van der Waals surface area contributed by atoms with Crippen LogP contribution in [0.1, 0.15) is 10.5 Å². The number of anilines is 2. The first-order valence-electron chi connectivity index (χ1n) is 8.94. The van der Waals surface area contributed by atoms with E-state index < -0.39 is 0 Å². The molecule has 0 spiro atoms. The molecule has 0 N–H and O–H groups in total. The van der Waals surface area contributed by atoms with Crippen molar-refractivity contribution in [2.45, 2.75) is 0 Å². The quantitative estimate of drug-likeness (QED) is 0.628. The highest BCUT2D eigenvalue weighted by atomic mass is 32.1. The van der Waals surface area contributed by atoms with Gasteiger partial charge in [-0.25, -0.2) is 4.98 Å². The van der Waals surface area contributed by atoms with Gasteiger partial charge < -0.3 is 14.5 Å². The Kier molecular flexibility index (Phi) is 5.07. The van der Waals surface area contributed by atoms with Gasteiger partial charge in [-0.15, -0.1) is 0 Å². The van der Waals surface area contributed by atoms with E-state index in [4.69, 9.17) is 4.74 Å². The average molecular weight is 379 g/mol. The van der Waals surface area contributed by atoms with Crippen LogP contribution in [-0.2, 0) is 0 Å². The largest absolute Gasteiger partial charge is 0.497 e. The smallest absolute Gasteiger partial charge is 0.171 e. The fourth-order valence-corrected chi connectivity index (χ4v) is 4.38. The molecule has 1 fully saturated rings. The molecule has 3 aromatic rings. The van der Waals surface area contributed by atoms with E-state index in [-0.39, 0.29) is 0 Å². The van der Waals surface area contributed by atoms with Gasteiger partial charge in [0.15, 0.2) is 6.29 Å². The number of rotatable bonds is 5. The summed E-state index contributed by atoms with van der Waals surface area (Å²) >= 11 is 1.59. The van der Waals surface area contributed by atoms with Crippen LogP contribution < -0.4 is 14.5 Å². The predicted octanol–water partition coefficient (Wildman–Crippen LogP) is 3.96. The molecule has 2 heterocycles. The van der Waals surface area contributed by atoms with Crippen LogP contribution in [0.4, 0.5) is 10.7 Å². The van der Waals surface area contributed by atoms with Gasteiger partial charge in [0, 0.05) is 37.4 Å². The van der Waals surface area contributed by atoms with Crippen molar-refractivity contribution in [3.05, 3.63) is 60.3 Å². The Morgan fingerprint density at radius 2 is 1.63 bits per heavy atom. The van der Waals surface area contributed by atoms with Crippen molar-refractivity contribution in [2.75, 3.05) is 43.1 Å². The van der Waals surface area contributed by atoms with E-state index in [0.29, 0.717) is 5.69 Å². The highest BCUT2D eigenvalue weighted by Gasteiger charge is 2.23. The van der Waals surface area contributed by atoms with Crippen LogP contribution in [0.5, 0.6) is 5.75 Å². The molecule has 1 saturated heterocycles. The summed E-state index contributed by atoms with van der Waals surface area (Å²) in [7, 11) is 1.68. The standard InChI is InChI=1S/C21H21N3O2S/c1-26-18-9-7-17(8-10-18)23-11-13-24(14-12-23)21-19(15-25)22-20(27-21)16-5-3-2-4-6-16/h2-10,15H,11-14H2,1H3. The van der Waals surface area contributed by atoms with Crippen LogP contribution in [-0.4, -0.2) is 44.6 Å². The molecule has 5 nitrogen and oxygen atoms in total. The predicted molar refractivity (Wildman–Crippen MR) is 110 cm³/mol. The van der Waals surface area contributed by atoms with Crippen LogP contribution in [0.3, 0.4) is 0 Å². The van der Waals surface area contributed by atoms with Crippen molar-refractivity contribution in [1.82, 2.24) is 4.98 Å². The maximum absolute atomic E-state index is 11.6.